The molecule has 0 radical (unpaired) electrons. The molecule has 0 aromatic heterocycles. The van der Waals surface area contributed by atoms with E-state index in [9.17, 15) is 19.2 Å². The van der Waals surface area contributed by atoms with Crippen LogP contribution in [0.5, 0.6) is 0 Å². The molecule has 0 bridgehead atoms. The average molecular weight is 298 g/mol. The van der Waals surface area contributed by atoms with Crippen LogP contribution in [0.25, 0.3) is 0 Å². The van der Waals surface area contributed by atoms with E-state index in [1.54, 1.807) is 13.8 Å². The van der Waals surface area contributed by atoms with E-state index in [1.807, 2.05) is 13.8 Å². The van der Waals surface area contributed by atoms with Crippen molar-refractivity contribution < 1.29 is 23.9 Å². The standard InChI is InChI=1S/C14H22N2O5/c1-7(2)6-9(13(19)21-5)16-12(18)10(8(3)4)11(17)15-14(16)20/h7-10H,6H2,1-5H3,(H,15,17,20). The summed E-state index contributed by atoms with van der Waals surface area (Å²) in [7, 11) is 1.20. The van der Waals surface area contributed by atoms with Crippen LogP contribution in [0.1, 0.15) is 34.1 Å². The molecule has 7 nitrogen and oxygen atoms in total. The Balaban J connectivity index is 3.15. The molecule has 1 fully saturated rings. The summed E-state index contributed by atoms with van der Waals surface area (Å²) in [6.45, 7) is 7.16. The molecule has 1 N–H and O–H groups in total. The predicted molar refractivity (Wildman–Crippen MR) is 74.0 cm³/mol. The lowest BCUT2D eigenvalue weighted by Crippen LogP contribution is -2.63. The summed E-state index contributed by atoms with van der Waals surface area (Å²) in [5, 5.41) is 2.14. The smallest absolute Gasteiger partial charge is 0.331 e. The molecule has 0 aliphatic carbocycles. The van der Waals surface area contributed by atoms with E-state index >= 15 is 0 Å². The minimum atomic E-state index is -1.02. The van der Waals surface area contributed by atoms with Crippen molar-refractivity contribution in [2.45, 2.75) is 40.2 Å². The van der Waals surface area contributed by atoms with Crippen molar-refractivity contribution in [1.82, 2.24) is 10.2 Å². The summed E-state index contributed by atoms with van der Waals surface area (Å²) in [4.78, 5) is 49.0. The van der Waals surface area contributed by atoms with Gasteiger partial charge in [-0.15, -0.1) is 0 Å². The van der Waals surface area contributed by atoms with Gasteiger partial charge in [0.15, 0.2) is 0 Å². The molecule has 4 amide bonds. The Morgan fingerprint density at radius 2 is 1.81 bits per heavy atom. The van der Waals surface area contributed by atoms with Gasteiger partial charge in [0.1, 0.15) is 12.0 Å². The highest BCUT2D eigenvalue weighted by Crippen LogP contribution is 2.23. The van der Waals surface area contributed by atoms with Crippen LogP contribution in [0.3, 0.4) is 0 Å². The zero-order chi connectivity index (χ0) is 16.3. The SMILES string of the molecule is COC(=O)C(CC(C)C)N1C(=O)NC(=O)C(C(C)C)C1=O. The first-order valence-corrected chi connectivity index (χ1v) is 6.96. The number of barbiturate groups is 1. The van der Waals surface area contributed by atoms with Gasteiger partial charge in [-0.25, -0.2) is 14.5 Å². The van der Waals surface area contributed by atoms with E-state index in [-0.39, 0.29) is 18.3 Å². The number of ether oxygens (including phenoxy) is 1. The van der Waals surface area contributed by atoms with Crippen molar-refractivity contribution in [2.75, 3.05) is 7.11 Å². The molecular weight excluding hydrogens is 276 g/mol. The van der Waals surface area contributed by atoms with E-state index in [0.29, 0.717) is 0 Å². The van der Waals surface area contributed by atoms with Crippen LogP contribution in [0.15, 0.2) is 0 Å². The highest BCUT2D eigenvalue weighted by Gasteiger charge is 2.47. The van der Waals surface area contributed by atoms with Gasteiger partial charge in [0.2, 0.25) is 11.8 Å². The monoisotopic (exact) mass is 298 g/mol. The van der Waals surface area contributed by atoms with E-state index < -0.39 is 35.8 Å². The lowest BCUT2D eigenvalue weighted by molar-refractivity contribution is -0.156. The second-order valence-electron chi connectivity index (χ2n) is 5.89. The van der Waals surface area contributed by atoms with E-state index in [1.165, 1.54) is 7.11 Å². The normalized spacial score (nSPS) is 20.8. The number of esters is 1. The zero-order valence-electron chi connectivity index (χ0n) is 13.0. The third-order valence-electron chi connectivity index (χ3n) is 3.38. The van der Waals surface area contributed by atoms with E-state index in [0.717, 1.165) is 4.90 Å². The van der Waals surface area contributed by atoms with Crippen LogP contribution >= 0.6 is 0 Å². The molecule has 1 heterocycles. The zero-order valence-corrected chi connectivity index (χ0v) is 13.0. The second kappa shape index (κ2) is 6.69. The fourth-order valence-electron chi connectivity index (χ4n) is 2.38. The number of imide groups is 2. The fourth-order valence-corrected chi connectivity index (χ4v) is 2.38. The van der Waals surface area contributed by atoms with Crippen LogP contribution in [0, 0.1) is 17.8 Å². The van der Waals surface area contributed by atoms with Gasteiger partial charge < -0.3 is 4.74 Å². The summed E-state index contributed by atoms with van der Waals surface area (Å²) in [6.07, 6.45) is 0.283. The number of urea groups is 1. The number of carbonyl (C=O) groups is 4. The number of nitrogens with zero attached hydrogens (tertiary/aromatic N) is 1. The van der Waals surface area contributed by atoms with Gasteiger partial charge in [0, 0.05) is 0 Å². The Labute approximate surface area is 124 Å². The van der Waals surface area contributed by atoms with Crippen LogP contribution in [0.2, 0.25) is 0 Å². The Morgan fingerprint density at radius 1 is 1.24 bits per heavy atom. The molecule has 1 aliphatic heterocycles. The first kappa shape index (κ1) is 17.1. The summed E-state index contributed by atoms with van der Waals surface area (Å²) in [5.74, 6) is -3.10. The van der Waals surface area contributed by atoms with Crippen molar-refractivity contribution >= 4 is 23.8 Å². The number of amides is 4. The van der Waals surface area contributed by atoms with Gasteiger partial charge in [-0.3, -0.25) is 14.9 Å². The molecule has 118 valence electrons. The molecule has 0 spiro atoms. The predicted octanol–water partition coefficient (Wildman–Crippen LogP) is 0.925. The molecule has 1 rings (SSSR count). The summed E-state index contributed by atoms with van der Waals surface area (Å²) >= 11 is 0. The van der Waals surface area contributed by atoms with Crippen LogP contribution < -0.4 is 5.32 Å². The maximum absolute atomic E-state index is 12.5. The highest BCUT2D eigenvalue weighted by atomic mass is 16.5. The molecule has 1 aliphatic rings. The number of hydrogen-bond acceptors (Lipinski definition) is 5. The van der Waals surface area contributed by atoms with Gasteiger partial charge in [0.25, 0.3) is 0 Å². The van der Waals surface area contributed by atoms with Crippen molar-refractivity contribution in [3.8, 4) is 0 Å². The molecule has 0 aromatic rings. The van der Waals surface area contributed by atoms with Gasteiger partial charge in [0.05, 0.1) is 7.11 Å². The lowest BCUT2D eigenvalue weighted by atomic mass is 9.90. The Hall–Kier alpha value is -1.92. The quantitative estimate of drug-likeness (QED) is 0.602. The van der Waals surface area contributed by atoms with E-state index in [2.05, 4.69) is 10.1 Å². The first-order chi connectivity index (χ1) is 9.70. The van der Waals surface area contributed by atoms with Crippen molar-refractivity contribution in [2.24, 2.45) is 17.8 Å². The van der Waals surface area contributed by atoms with Crippen molar-refractivity contribution in [3.05, 3.63) is 0 Å². The number of rotatable bonds is 5. The van der Waals surface area contributed by atoms with Crippen LogP contribution in [-0.4, -0.2) is 41.9 Å². The third kappa shape index (κ3) is 3.59. The molecule has 0 aromatic carbocycles. The first-order valence-electron chi connectivity index (χ1n) is 6.96. The summed E-state index contributed by atoms with van der Waals surface area (Å²) in [6, 6.07) is -1.88. The topological polar surface area (TPSA) is 92.8 Å². The molecule has 1 saturated heterocycles. The molecule has 21 heavy (non-hydrogen) atoms. The lowest BCUT2D eigenvalue weighted by Gasteiger charge is -2.36. The van der Waals surface area contributed by atoms with Crippen LogP contribution in [-0.2, 0) is 19.1 Å². The van der Waals surface area contributed by atoms with Gasteiger partial charge >= 0.3 is 12.0 Å². The maximum atomic E-state index is 12.5. The summed E-state index contributed by atoms with van der Waals surface area (Å²) < 4.78 is 4.69. The highest BCUT2D eigenvalue weighted by molar-refractivity contribution is 6.17. The molecule has 0 saturated carbocycles. The maximum Gasteiger partial charge on any atom is 0.331 e. The van der Waals surface area contributed by atoms with Crippen molar-refractivity contribution in [1.29, 1.82) is 0 Å². The van der Waals surface area contributed by atoms with Gasteiger partial charge in [-0.2, -0.15) is 0 Å². The van der Waals surface area contributed by atoms with Crippen LogP contribution in [0.4, 0.5) is 4.79 Å². The minimum absolute atomic E-state index is 0.0739. The summed E-state index contributed by atoms with van der Waals surface area (Å²) in [5.41, 5.74) is 0. The number of methoxy groups -OCH3 is 1. The fraction of sp³-hybridized carbons (Fsp3) is 0.714. The largest absolute Gasteiger partial charge is 0.467 e. The Bertz CT molecular complexity index is 458. The molecular formula is C14H22N2O5. The minimum Gasteiger partial charge on any atom is -0.467 e. The molecule has 2 atom stereocenters. The number of carbonyl (C=O) groups excluding carboxylic acids is 4. The van der Waals surface area contributed by atoms with Gasteiger partial charge in [-0.05, 0) is 18.3 Å². The Morgan fingerprint density at radius 3 is 2.24 bits per heavy atom. The second-order valence-corrected chi connectivity index (χ2v) is 5.89. The number of hydrogen-bond donors (Lipinski definition) is 1. The molecule has 7 heteroatoms. The van der Waals surface area contributed by atoms with Gasteiger partial charge in [-0.1, -0.05) is 27.7 Å². The number of nitrogens with one attached hydrogen (secondary N) is 1. The average Bonchev–Trinajstić information content (AvgIpc) is 2.34. The molecule has 2 unspecified atom stereocenters. The Kier molecular flexibility index (Phi) is 5.46. The third-order valence-corrected chi connectivity index (χ3v) is 3.38. The van der Waals surface area contributed by atoms with Crippen molar-refractivity contribution in [3.63, 3.8) is 0 Å². The van der Waals surface area contributed by atoms with E-state index in [4.69, 9.17) is 0 Å².